The van der Waals surface area contributed by atoms with Gasteiger partial charge in [-0.3, -0.25) is 4.98 Å². The molecule has 2 unspecified atom stereocenters. The molecule has 1 aliphatic heterocycles. The molecule has 1 aliphatic rings. The Balaban J connectivity index is 1.93. The first-order valence-electron chi connectivity index (χ1n) is 6.20. The van der Waals surface area contributed by atoms with E-state index in [1.807, 2.05) is 12.4 Å². The maximum Gasteiger partial charge on any atom is 0.0410 e. The summed E-state index contributed by atoms with van der Waals surface area (Å²) in [5.74, 6) is 3.28. The van der Waals surface area contributed by atoms with E-state index in [1.165, 1.54) is 23.5 Å². The van der Waals surface area contributed by atoms with E-state index in [0.717, 1.165) is 23.4 Å². The van der Waals surface area contributed by atoms with E-state index >= 15 is 0 Å². The molecular weight excluding hydrogens is 296 g/mol. The smallest absolute Gasteiger partial charge is 0.0410 e. The van der Waals surface area contributed by atoms with Gasteiger partial charge in [-0.05, 0) is 58.6 Å². The fraction of sp³-hybridized carbons (Fsp3) is 0.615. The summed E-state index contributed by atoms with van der Waals surface area (Å²) in [5, 5.41) is 3.66. The Morgan fingerprint density at radius 1 is 1.47 bits per heavy atom. The summed E-state index contributed by atoms with van der Waals surface area (Å²) in [7, 11) is 0. The third-order valence-electron chi connectivity index (χ3n) is 3.11. The van der Waals surface area contributed by atoms with Crippen molar-refractivity contribution in [2.45, 2.75) is 25.8 Å². The molecule has 0 saturated carbocycles. The van der Waals surface area contributed by atoms with E-state index in [1.54, 1.807) is 0 Å². The third kappa shape index (κ3) is 3.97. The minimum absolute atomic E-state index is 0.680. The minimum Gasteiger partial charge on any atom is -0.313 e. The highest BCUT2D eigenvalue weighted by Crippen LogP contribution is 2.27. The van der Waals surface area contributed by atoms with Crippen LogP contribution >= 0.6 is 27.7 Å². The topological polar surface area (TPSA) is 24.9 Å². The van der Waals surface area contributed by atoms with Crippen molar-refractivity contribution in [3.63, 3.8) is 0 Å². The number of rotatable bonds is 5. The Morgan fingerprint density at radius 2 is 2.35 bits per heavy atom. The lowest BCUT2D eigenvalue weighted by atomic mass is 9.96. The average Bonchev–Trinajstić information content (AvgIpc) is 2.74. The summed E-state index contributed by atoms with van der Waals surface area (Å²) >= 11 is 5.55. The van der Waals surface area contributed by atoms with Crippen molar-refractivity contribution in [2.75, 3.05) is 18.1 Å². The fourth-order valence-electron chi connectivity index (χ4n) is 2.23. The molecule has 1 N–H and O–H groups in total. The van der Waals surface area contributed by atoms with Crippen LogP contribution < -0.4 is 5.32 Å². The minimum atomic E-state index is 0.680. The third-order valence-corrected chi connectivity index (χ3v) is 4.81. The molecule has 94 valence electrons. The molecule has 0 radical (unpaired) electrons. The van der Waals surface area contributed by atoms with Crippen LogP contribution in [-0.2, 0) is 6.42 Å². The van der Waals surface area contributed by atoms with Gasteiger partial charge in [-0.2, -0.15) is 11.8 Å². The maximum absolute atomic E-state index is 4.24. The number of nitrogens with one attached hydrogen (secondary N) is 1. The second-order valence-electron chi connectivity index (χ2n) is 4.57. The predicted molar refractivity (Wildman–Crippen MR) is 78.5 cm³/mol. The number of hydrogen-bond acceptors (Lipinski definition) is 3. The zero-order valence-electron chi connectivity index (χ0n) is 10.2. The summed E-state index contributed by atoms with van der Waals surface area (Å²) in [6.07, 6.45) is 6.19. The fourth-order valence-corrected chi connectivity index (χ4v) is 4.07. The zero-order valence-corrected chi connectivity index (χ0v) is 12.6. The van der Waals surface area contributed by atoms with Gasteiger partial charge >= 0.3 is 0 Å². The van der Waals surface area contributed by atoms with Crippen LogP contribution in [0.5, 0.6) is 0 Å². The Kier molecular flexibility index (Phi) is 5.32. The molecule has 0 amide bonds. The first-order valence-corrected chi connectivity index (χ1v) is 8.15. The predicted octanol–water partition coefficient (Wildman–Crippen LogP) is 3.12. The van der Waals surface area contributed by atoms with Crippen LogP contribution in [0.1, 0.15) is 18.9 Å². The lowest BCUT2D eigenvalue weighted by Gasteiger charge is -2.19. The van der Waals surface area contributed by atoms with Gasteiger partial charge in [0.1, 0.15) is 0 Å². The van der Waals surface area contributed by atoms with Gasteiger partial charge in [0.15, 0.2) is 0 Å². The van der Waals surface area contributed by atoms with E-state index < -0.39 is 0 Å². The molecule has 17 heavy (non-hydrogen) atoms. The van der Waals surface area contributed by atoms with Crippen LogP contribution in [0.25, 0.3) is 0 Å². The molecule has 1 aromatic rings. The van der Waals surface area contributed by atoms with Crippen LogP contribution in [0.2, 0.25) is 0 Å². The van der Waals surface area contributed by atoms with E-state index in [9.17, 15) is 0 Å². The number of pyridine rings is 1. The van der Waals surface area contributed by atoms with Crippen molar-refractivity contribution >= 4 is 27.7 Å². The normalized spacial score (nSPS) is 24.1. The summed E-state index contributed by atoms with van der Waals surface area (Å²) in [4.78, 5) is 4.24. The van der Waals surface area contributed by atoms with Gasteiger partial charge in [0.25, 0.3) is 0 Å². The molecule has 0 bridgehead atoms. The quantitative estimate of drug-likeness (QED) is 0.904. The Hall–Kier alpha value is -0.0600. The van der Waals surface area contributed by atoms with Gasteiger partial charge in [-0.25, -0.2) is 0 Å². The van der Waals surface area contributed by atoms with Gasteiger partial charge in [-0.1, -0.05) is 6.92 Å². The summed E-state index contributed by atoms with van der Waals surface area (Å²) in [6.45, 7) is 3.36. The first-order chi connectivity index (χ1) is 8.29. The Labute approximate surface area is 116 Å². The molecule has 4 heteroatoms. The van der Waals surface area contributed by atoms with Crippen LogP contribution in [0.4, 0.5) is 0 Å². The van der Waals surface area contributed by atoms with Crippen molar-refractivity contribution in [3.8, 4) is 0 Å². The van der Waals surface area contributed by atoms with Gasteiger partial charge < -0.3 is 5.32 Å². The number of hydrogen-bond donors (Lipinski definition) is 1. The summed E-state index contributed by atoms with van der Waals surface area (Å²) in [6, 6.07) is 2.87. The monoisotopic (exact) mass is 314 g/mol. The second-order valence-corrected chi connectivity index (χ2v) is 6.56. The number of nitrogens with zero attached hydrogens (tertiary/aromatic N) is 1. The van der Waals surface area contributed by atoms with Gasteiger partial charge in [0.2, 0.25) is 0 Å². The number of halogens is 1. The van der Waals surface area contributed by atoms with Crippen molar-refractivity contribution < 1.29 is 0 Å². The van der Waals surface area contributed by atoms with Crippen molar-refractivity contribution in [1.29, 1.82) is 0 Å². The highest BCUT2D eigenvalue weighted by molar-refractivity contribution is 9.10. The largest absolute Gasteiger partial charge is 0.313 e. The molecule has 0 spiro atoms. The van der Waals surface area contributed by atoms with E-state index in [4.69, 9.17) is 0 Å². The van der Waals surface area contributed by atoms with Crippen molar-refractivity contribution in [3.05, 3.63) is 28.5 Å². The molecule has 0 aliphatic carbocycles. The molecule has 2 rings (SSSR count). The van der Waals surface area contributed by atoms with Crippen molar-refractivity contribution in [2.24, 2.45) is 5.92 Å². The van der Waals surface area contributed by atoms with Crippen LogP contribution in [0, 0.1) is 5.92 Å². The van der Waals surface area contributed by atoms with Crippen LogP contribution in [0.3, 0.4) is 0 Å². The molecular formula is C13H19BrN2S. The summed E-state index contributed by atoms with van der Waals surface area (Å²) in [5.41, 5.74) is 1.34. The van der Waals surface area contributed by atoms with Crippen molar-refractivity contribution in [1.82, 2.24) is 10.3 Å². The molecule has 2 nitrogen and oxygen atoms in total. The van der Waals surface area contributed by atoms with E-state index in [-0.39, 0.29) is 0 Å². The Morgan fingerprint density at radius 3 is 3.12 bits per heavy atom. The molecule has 2 atom stereocenters. The summed E-state index contributed by atoms with van der Waals surface area (Å²) < 4.78 is 1.08. The lowest BCUT2D eigenvalue weighted by Crippen LogP contribution is -2.36. The van der Waals surface area contributed by atoms with Crippen LogP contribution in [0.15, 0.2) is 22.9 Å². The number of thioether (sulfide) groups is 1. The first kappa shape index (κ1) is 13.4. The van der Waals surface area contributed by atoms with Gasteiger partial charge in [0.05, 0.1) is 0 Å². The van der Waals surface area contributed by atoms with Crippen LogP contribution in [-0.4, -0.2) is 29.1 Å². The molecule has 2 heterocycles. The number of aromatic nitrogens is 1. The van der Waals surface area contributed by atoms with E-state index in [0.29, 0.717) is 6.04 Å². The molecule has 1 fully saturated rings. The standard InChI is InChI=1S/C13H19BrN2S/c1-2-3-16-13-9-17-8-11(13)4-10-5-12(14)7-15-6-10/h5-7,11,13,16H,2-4,8-9H2,1H3. The SMILES string of the molecule is CCCNC1CSCC1Cc1cncc(Br)c1. The van der Waals surface area contributed by atoms with Gasteiger partial charge in [0, 0.05) is 28.7 Å². The highest BCUT2D eigenvalue weighted by atomic mass is 79.9. The Bertz CT molecular complexity index is 359. The van der Waals surface area contributed by atoms with E-state index in [2.05, 4.69) is 51.0 Å². The maximum atomic E-state index is 4.24. The highest BCUT2D eigenvalue weighted by Gasteiger charge is 2.27. The zero-order chi connectivity index (χ0) is 12.1. The lowest BCUT2D eigenvalue weighted by molar-refractivity contribution is 0.425. The molecule has 1 aromatic heterocycles. The molecule has 1 saturated heterocycles. The molecule has 0 aromatic carbocycles. The van der Waals surface area contributed by atoms with Gasteiger partial charge in [-0.15, -0.1) is 0 Å². The second kappa shape index (κ2) is 6.76. The average molecular weight is 315 g/mol.